The Morgan fingerprint density at radius 2 is 1.94 bits per heavy atom. The zero-order valence-electron chi connectivity index (χ0n) is 10.00. The first-order valence-corrected chi connectivity index (χ1v) is 6.20. The summed E-state index contributed by atoms with van der Waals surface area (Å²) in [6.45, 7) is 1.95. The van der Waals surface area contributed by atoms with Gasteiger partial charge in [0.2, 0.25) is 0 Å². The van der Waals surface area contributed by atoms with E-state index in [-0.39, 0.29) is 4.92 Å². The Bertz CT molecular complexity index is 546. The maximum Gasteiger partial charge on any atom is 0.273 e. The highest BCUT2D eigenvalue weighted by molar-refractivity contribution is 7.81. The molecule has 0 heterocycles. The largest absolute Gasteiger partial charge is 0.273 e. The monoisotopic (exact) mass is 259 g/mol. The number of hydrogen-bond acceptors (Lipinski definition) is 3. The number of hydrogen-bond donors (Lipinski definition) is 0. The average Bonchev–Trinajstić information content (AvgIpc) is 2.39. The van der Waals surface area contributed by atoms with E-state index in [0.717, 1.165) is 17.6 Å². The molecule has 1 aliphatic carbocycles. The van der Waals surface area contributed by atoms with Crippen LogP contribution in [0, 0.1) is 10.1 Å². The molecule has 1 unspecified atom stereocenters. The third-order valence-electron chi connectivity index (χ3n) is 3.02. The molecule has 0 amide bonds. The van der Waals surface area contributed by atoms with E-state index in [9.17, 15) is 10.1 Å². The average molecular weight is 259 g/mol. The quantitative estimate of drug-likeness (QED) is 0.474. The number of allylic oxidation sites excluding steroid dienone is 2. The molecule has 0 bridgehead atoms. The lowest BCUT2D eigenvalue weighted by Crippen LogP contribution is -2.32. The smallest absolute Gasteiger partial charge is 0.263 e. The van der Waals surface area contributed by atoms with Crippen molar-refractivity contribution in [3.8, 4) is 0 Å². The van der Waals surface area contributed by atoms with Gasteiger partial charge >= 0.3 is 0 Å². The molecule has 1 atom stereocenters. The molecule has 4 heteroatoms. The third-order valence-corrected chi connectivity index (χ3v) is 3.51. The second-order valence-electron chi connectivity index (χ2n) is 4.09. The van der Waals surface area contributed by atoms with Crippen LogP contribution in [-0.2, 0) is 0 Å². The number of rotatable bonds is 3. The van der Waals surface area contributed by atoms with E-state index in [4.69, 9.17) is 12.2 Å². The highest BCUT2D eigenvalue weighted by Gasteiger charge is 2.34. The van der Waals surface area contributed by atoms with Gasteiger partial charge in [-0.25, -0.2) is 0 Å². The maximum atomic E-state index is 11.3. The zero-order valence-corrected chi connectivity index (χ0v) is 10.8. The molecule has 0 saturated carbocycles. The van der Waals surface area contributed by atoms with Crippen LogP contribution in [0.4, 0.5) is 0 Å². The Labute approximate surface area is 111 Å². The van der Waals surface area contributed by atoms with Crippen LogP contribution in [0.3, 0.4) is 0 Å². The fraction of sp³-hybridized carbons (Fsp3) is 0.214. The zero-order chi connectivity index (χ0) is 13.1. The minimum absolute atomic E-state index is 0.302. The standard InChI is InChI=1S/C14H13NO2S/c1-2-10-8-9-12(11-6-4-3-5-7-11)13(14(10)18)15(16)17/h3-9,13H,2H2,1H3. The van der Waals surface area contributed by atoms with Crippen molar-refractivity contribution in [2.45, 2.75) is 19.4 Å². The lowest BCUT2D eigenvalue weighted by Gasteiger charge is -2.19. The van der Waals surface area contributed by atoms with Gasteiger partial charge in [-0.2, -0.15) is 0 Å². The summed E-state index contributed by atoms with van der Waals surface area (Å²) < 4.78 is 0. The number of nitro groups is 1. The summed E-state index contributed by atoms with van der Waals surface area (Å²) >= 11 is 5.25. The fourth-order valence-electron chi connectivity index (χ4n) is 2.07. The Balaban J connectivity index is 2.50. The lowest BCUT2D eigenvalue weighted by atomic mass is 9.88. The normalized spacial score (nSPS) is 19.2. The van der Waals surface area contributed by atoms with E-state index in [2.05, 4.69) is 0 Å². The molecule has 1 aliphatic rings. The first-order valence-electron chi connectivity index (χ1n) is 5.79. The van der Waals surface area contributed by atoms with Crippen LogP contribution >= 0.6 is 12.2 Å². The second kappa shape index (κ2) is 5.23. The summed E-state index contributed by atoms with van der Waals surface area (Å²) in [5.74, 6) is 0. The van der Waals surface area contributed by atoms with Crippen molar-refractivity contribution >= 4 is 22.7 Å². The fourth-order valence-corrected chi connectivity index (χ4v) is 2.49. The topological polar surface area (TPSA) is 43.1 Å². The molecule has 0 aromatic heterocycles. The molecule has 1 aromatic rings. The number of benzene rings is 1. The highest BCUT2D eigenvalue weighted by atomic mass is 32.1. The Morgan fingerprint density at radius 3 is 2.50 bits per heavy atom. The molecular formula is C14H13NO2S. The SMILES string of the molecule is CCC1=CC=C(c2ccccc2)C([N+](=O)[O-])C1=S. The first kappa shape index (κ1) is 12.6. The molecular weight excluding hydrogens is 246 g/mol. The van der Waals surface area contributed by atoms with E-state index in [1.807, 2.05) is 49.4 Å². The van der Waals surface area contributed by atoms with Gasteiger partial charge in [-0.05, 0) is 17.6 Å². The van der Waals surface area contributed by atoms with Crippen molar-refractivity contribution in [3.63, 3.8) is 0 Å². The molecule has 92 valence electrons. The van der Waals surface area contributed by atoms with Crippen molar-refractivity contribution in [1.82, 2.24) is 0 Å². The molecule has 2 rings (SSSR count). The second-order valence-corrected chi connectivity index (χ2v) is 4.53. The number of nitrogens with zero attached hydrogens (tertiary/aromatic N) is 1. The summed E-state index contributed by atoms with van der Waals surface area (Å²) in [7, 11) is 0. The van der Waals surface area contributed by atoms with Crippen LogP contribution in [0.1, 0.15) is 18.9 Å². The van der Waals surface area contributed by atoms with Crippen LogP contribution in [0.15, 0.2) is 48.1 Å². The molecule has 0 fully saturated rings. The third kappa shape index (κ3) is 2.24. The van der Waals surface area contributed by atoms with E-state index in [1.54, 1.807) is 0 Å². The Hall–Kier alpha value is -1.81. The molecule has 0 saturated heterocycles. The summed E-state index contributed by atoms with van der Waals surface area (Å²) in [5, 5.41) is 11.3. The van der Waals surface area contributed by atoms with Crippen LogP contribution in [0.5, 0.6) is 0 Å². The maximum absolute atomic E-state index is 11.3. The van der Waals surface area contributed by atoms with E-state index >= 15 is 0 Å². The molecule has 1 aromatic carbocycles. The van der Waals surface area contributed by atoms with E-state index in [1.165, 1.54) is 0 Å². The molecule has 0 N–H and O–H groups in total. The van der Waals surface area contributed by atoms with Crippen LogP contribution in [0.2, 0.25) is 0 Å². The molecule has 18 heavy (non-hydrogen) atoms. The van der Waals surface area contributed by atoms with Crippen LogP contribution in [-0.4, -0.2) is 15.8 Å². The van der Waals surface area contributed by atoms with Gasteiger partial charge in [0.25, 0.3) is 6.04 Å². The van der Waals surface area contributed by atoms with Gasteiger partial charge in [0.1, 0.15) is 0 Å². The van der Waals surface area contributed by atoms with Gasteiger partial charge in [0.15, 0.2) is 0 Å². The predicted octanol–water partition coefficient (Wildman–Crippen LogP) is 3.44. The minimum atomic E-state index is -0.901. The summed E-state index contributed by atoms with van der Waals surface area (Å²) in [5.41, 5.74) is 2.40. The van der Waals surface area contributed by atoms with Crippen LogP contribution < -0.4 is 0 Å². The molecule has 3 nitrogen and oxygen atoms in total. The van der Waals surface area contributed by atoms with E-state index < -0.39 is 6.04 Å². The predicted molar refractivity (Wildman–Crippen MR) is 76.2 cm³/mol. The van der Waals surface area contributed by atoms with Crippen molar-refractivity contribution < 1.29 is 4.92 Å². The van der Waals surface area contributed by atoms with Gasteiger partial charge < -0.3 is 0 Å². The van der Waals surface area contributed by atoms with Gasteiger partial charge in [-0.1, -0.05) is 61.6 Å². The van der Waals surface area contributed by atoms with Crippen molar-refractivity contribution in [2.24, 2.45) is 0 Å². The van der Waals surface area contributed by atoms with Gasteiger partial charge in [0, 0.05) is 10.5 Å². The van der Waals surface area contributed by atoms with Crippen LogP contribution in [0.25, 0.3) is 5.57 Å². The Morgan fingerprint density at radius 1 is 1.28 bits per heavy atom. The van der Waals surface area contributed by atoms with Crippen molar-refractivity contribution in [1.29, 1.82) is 0 Å². The Kier molecular flexibility index (Phi) is 3.67. The minimum Gasteiger partial charge on any atom is -0.263 e. The molecule has 0 radical (unpaired) electrons. The van der Waals surface area contributed by atoms with Crippen molar-refractivity contribution in [2.75, 3.05) is 0 Å². The van der Waals surface area contributed by atoms with E-state index in [0.29, 0.717) is 10.4 Å². The van der Waals surface area contributed by atoms with Gasteiger partial charge in [-0.3, -0.25) is 10.1 Å². The van der Waals surface area contributed by atoms with Crippen molar-refractivity contribution in [3.05, 3.63) is 63.7 Å². The summed E-state index contributed by atoms with van der Waals surface area (Å²) in [4.78, 5) is 11.4. The highest BCUT2D eigenvalue weighted by Crippen LogP contribution is 2.28. The van der Waals surface area contributed by atoms with Gasteiger partial charge in [0.05, 0.1) is 4.86 Å². The molecule has 0 spiro atoms. The lowest BCUT2D eigenvalue weighted by molar-refractivity contribution is -0.486. The summed E-state index contributed by atoms with van der Waals surface area (Å²) in [6, 6.07) is 8.47. The molecule has 0 aliphatic heterocycles. The summed E-state index contributed by atoms with van der Waals surface area (Å²) in [6.07, 6.45) is 4.43. The number of thiocarbonyl (C=S) groups is 1. The first-order chi connectivity index (χ1) is 8.65. The van der Waals surface area contributed by atoms with Gasteiger partial charge in [-0.15, -0.1) is 0 Å².